The zero-order chi connectivity index (χ0) is 26.3. The summed E-state index contributed by atoms with van der Waals surface area (Å²) in [6, 6.07) is 5.15. The van der Waals surface area contributed by atoms with E-state index < -0.39 is 48.0 Å². The van der Waals surface area contributed by atoms with E-state index in [1.807, 2.05) is 59.7 Å². The van der Waals surface area contributed by atoms with Crippen LogP contribution in [0, 0.1) is 5.41 Å². The molecule has 0 radical (unpaired) electrons. The van der Waals surface area contributed by atoms with Crippen molar-refractivity contribution in [3.63, 3.8) is 0 Å². The molecule has 2 spiro atoms. The van der Waals surface area contributed by atoms with E-state index in [0.29, 0.717) is 32.1 Å². The first kappa shape index (κ1) is 25.6. The van der Waals surface area contributed by atoms with Crippen LogP contribution < -0.4 is 10.8 Å². The monoisotopic (exact) mass is 504 g/mol. The second kappa shape index (κ2) is 8.23. The fraction of sp³-hybridized carbons (Fsp3) is 0.692. The molecule has 1 N–H and O–H groups in total. The maximum absolute atomic E-state index is 14.1. The van der Waals surface area contributed by atoms with E-state index in [1.54, 1.807) is 0 Å². The topological polar surface area (TPSA) is 77.1 Å². The first-order chi connectivity index (χ1) is 16.7. The van der Waals surface area contributed by atoms with Crippen molar-refractivity contribution in [2.75, 3.05) is 0 Å². The summed E-state index contributed by atoms with van der Waals surface area (Å²) >= 11 is 0. The van der Waals surface area contributed by atoms with Gasteiger partial charge in [-0.05, 0) is 90.2 Å². The molecule has 1 atom stereocenters. The summed E-state index contributed by atoms with van der Waals surface area (Å²) in [5.74, 6) is -0.277. The Bertz CT molecular complexity index is 1070. The average molecular weight is 504 g/mol. The molecule has 2 aliphatic carbocycles. The van der Waals surface area contributed by atoms with Gasteiger partial charge < -0.3 is 19.4 Å². The molecule has 1 aromatic carbocycles. The fourth-order valence-corrected chi connectivity index (χ4v) is 6.54. The molecule has 1 saturated carbocycles. The Balaban J connectivity index is 1.57. The molecule has 36 heavy (non-hydrogen) atoms. The van der Waals surface area contributed by atoms with Crippen LogP contribution in [0.4, 0.5) is 13.6 Å². The standard InChI is InChI=1S/C26H35BF2N2O5/c1-15(2)31-20(32)26(30-22(31)33)19-13-17(27-35-23(3,4)24(5,6)36-27)8-7-16(19)14-25(26)11-9-18(10-12-25)34-21(28)29/h7-8,13,15,18,21H,9-12,14H2,1-6H3,(H,30,33). The third-order valence-electron chi connectivity index (χ3n) is 9.14. The highest BCUT2D eigenvalue weighted by atomic mass is 19.3. The van der Waals surface area contributed by atoms with Gasteiger partial charge in [0.25, 0.3) is 5.91 Å². The summed E-state index contributed by atoms with van der Waals surface area (Å²) < 4.78 is 43.1. The third-order valence-corrected chi connectivity index (χ3v) is 9.14. The van der Waals surface area contributed by atoms with Gasteiger partial charge in [0.15, 0.2) is 5.54 Å². The van der Waals surface area contributed by atoms with Gasteiger partial charge in [-0.25, -0.2) is 4.79 Å². The number of halogens is 2. The van der Waals surface area contributed by atoms with Crippen LogP contribution in [0.1, 0.15) is 78.4 Å². The lowest BCUT2D eigenvalue weighted by Gasteiger charge is -2.46. The second-order valence-electron chi connectivity index (χ2n) is 12.0. The zero-order valence-electron chi connectivity index (χ0n) is 21.8. The summed E-state index contributed by atoms with van der Waals surface area (Å²) in [6.45, 7) is 8.73. The first-order valence-corrected chi connectivity index (χ1v) is 12.8. The molecular weight excluding hydrogens is 469 g/mol. The number of amides is 3. The quantitative estimate of drug-likeness (QED) is 0.498. The van der Waals surface area contributed by atoms with Crippen LogP contribution in [-0.2, 0) is 30.8 Å². The van der Waals surface area contributed by atoms with Crippen LogP contribution in [0.5, 0.6) is 0 Å². The zero-order valence-corrected chi connectivity index (χ0v) is 21.8. The highest BCUT2D eigenvalue weighted by Crippen LogP contribution is 2.60. The van der Waals surface area contributed by atoms with Gasteiger partial charge in [0.05, 0.1) is 17.3 Å². The molecule has 1 aromatic rings. The molecule has 3 amide bonds. The molecule has 0 aromatic heterocycles. The minimum atomic E-state index is -2.83. The van der Waals surface area contributed by atoms with Crippen molar-refractivity contribution < 1.29 is 32.4 Å². The van der Waals surface area contributed by atoms with Crippen molar-refractivity contribution in [1.82, 2.24) is 10.2 Å². The Kier molecular flexibility index (Phi) is 5.86. The van der Waals surface area contributed by atoms with Gasteiger partial charge in [0.1, 0.15) is 0 Å². The highest BCUT2D eigenvalue weighted by Gasteiger charge is 2.68. The number of fused-ring (bicyclic) bond motifs is 3. The second-order valence-corrected chi connectivity index (χ2v) is 12.0. The maximum Gasteiger partial charge on any atom is 0.494 e. The number of alkyl halides is 2. The van der Waals surface area contributed by atoms with Gasteiger partial charge in [0.2, 0.25) is 0 Å². The molecule has 196 valence electrons. The van der Waals surface area contributed by atoms with Crippen molar-refractivity contribution >= 4 is 24.5 Å². The van der Waals surface area contributed by atoms with E-state index in [0.717, 1.165) is 16.6 Å². The van der Waals surface area contributed by atoms with E-state index in [-0.39, 0.29) is 11.9 Å². The van der Waals surface area contributed by atoms with Gasteiger partial charge in [0, 0.05) is 11.5 Å². The minimum Gasteiger partial charge on any atom is -0.399 e. The number of hydrogen-bond donors (Lipinski definition) is 1. The highest BCUT2D eigenvalue weighted by molar-refractivity contribution is 6.62. The van der Waals surface area contributed by atoms with Crippen LogP contribution in [0.2, 0.25) is 0 Å². The van der Waals surface area contributed by atoms with Gasteiger partial charge >= 0.3 is 19.8 Å². The molecular formula is C26H35BF2N2O5. The molecule has 3 fully saturated rings. The molecule has 2 aliphatic heterocycles. The predicted molar refractivity (Wildman–Crippen MR) is 130 cm³/mol. The van der Waals surface area contributed by atoms with Crippen molar-refractivity contribution in [3.8, 4) is 0 Å². The average Bonchev–Trinajstić information content (AvgIpc) is 3.28. The Morgan fingerprint density at radius 2 is 1.69 bits per heavy atom. The molecule has 10 heteroatoms. The normalized spacial score (nSPS) is 32.9. The number of urea groups is 1. The van der Waals surface area contributed by atoms with Crippen LogP contribution in [-0.4, -0.2) is 53.9 Å². The molecule has 1 unspecified atom stereocenters. The number of imide groups is 1. The molecule has 2 saturated heterocycles. The number of nitrogens with zero attached hydrogens (tertiary/aromatic N) is 1. The summed E-state index contributed by atoms with van der Waals surface area (Å²) in [6.07, 6.45) is 1.78. The van der Waals surface area contributed by atoms with Crippen LogP contribution in [0.3, 0.4) is 0 Å². The molecule has 0 bridgehead atoms. The van der Waals surface area contributed by atoms with E-state index in [2.05, 4.69) is 5.32 Å². The molecule has 4 aliphatic rings. The lowest BCUT2D eigenvalue weighted by atomic mass is 9.61. The molecule has 2 heterocycles. The Labute approximate surface area is 211 Å². The van der Waals surface area contributed by atoms with Crippen LogP contribution >= 0.6 is 0 Å². The van der Waals surface area contributed by atoms with E-state index >= 15 is 0 Å². The van der Waals surface area contributed by atoms with E-state index in [4.69, 9.17) is 14.0 Å². The minimum absolute atomic E-state index is 0.277. The number of nitrogens with one attached hydrogen (secondary N) is 1. The smallest absolute Gasteiger partial charge is 0.399 e. The number of carbonyl (C=O) groups excluding carboxylic acids is 2. The number of benzene rings is 1. The van der Waals surface area contributed by atoms with Crippen LogP contribution in [0.15, 0.2) is 18.2 Å². The molecule has 7 nitrogen and oxygen atoms in total. The Morgan fingerprint density at radius 3 is 2.22 bits per heavy atom. The molecule has 5 rings (SSSR count). The maximum atomic E-state index is 14.1. The van der Waals surface area contributed by atoms with E-state index in [1.165, 1.54) is 4.90 Å². The van der Waals surface area contributed by atoms with Crippen molar-refractivity contribution in [1.29, 1.82) is 0 Å². The Hall–Kier alpha value is -2.04. The lowest BCUT2D eigenvalue weighted by molar-refractivity contribution is -0.179. The third kappa shape index (κ3) is 3.55. The van der Waals surface area contributed by atoms with Crippen molar-refractivity contribution in [3.05, 3.63) is 29.3 Å². The number of hydrogen-bond acceptors (Lipinski definition) is 5. The van der Waals surface area contributed by atoms with Crippen molar-refractivity contribution in [2.24, 2.45) is 5.41 Å². The fourth-order valence-electron chi connectivity index (χ4n) is 6.54. The number of rotatable bonds is 4. The predicted octanol–water partition coefficient (Wildman–Crippen LogP) is 3.87. The first-order valence-electron chi connectivity index (χ1n) is 12.8. The van der Waals surface area contributed by atoms with Crippen LogP contribution in [0.25, 0.3) is 0 Å². The largest absolute Gasteiger partial charge is 0.494 e. The van der Waals surface area contributed by atoms with E-state index in [9.17, 15) is 18.4 Å². The summed E-state index contributed by atoms with van der Waals surface area (Å²) in [5, 5.41) is 3.10. The van der Waals surface area contributed by atoms with Gasteiger partial charge in [-0.15, -0.1) is 0 Å². The SMILES string of the molecule is CC(C)N1C(=O)NC2(C1=O)c1cc(B3OC(C)(C)C(C)(C)O3)ccc1CC21CCC(OC(F)F)CC1. The lowest BCUT2D eigenvalue weighted by Crippen LogP contribution is -2.57. The Morgan fingerprint density at radius 1 is 1.08 bits per heavy atom. The van der Waals surface area contributed by atoms with Gasteiger partial charge in [-0.2, -0.15) is 8.78 Å². The summed E-state index contributed by atoms with van der Waals surface area (Å²) in [4.78, 5) is 28.6. The number of carbonyl (C=O) groups is 2. The van der Waals surface area contributed by atoms with Crippen molar-refractivity contribution in [2.45, 2.75) is 109 Å². The summed E-state index contributed by atoms with van der Waals surface area (Å²) in [5.41, 5.74) is -0.424. The van der Waals surface area contributed by atoms with Gasteiger partial charge in [-0.1, -0.05) is 18.2 Å². The summed E-state index contributed by atoms with van der Waals surface area (Å²) in [7, 11) is -0.613. The number of ether oxygens (including phenoxy) is 1. The van der Waals surface area contributed by atoms with Gasteiger partial charge in [-0.3, -0.25) is 9.69 Å².